The van der Waals surface area contributed by atoms with E-state index in [2.05, 4.69) is 35.9 Å². The number of nitrogens with zero attached hydrogens (tertiary/aromatic N) is 3. The Bertz CT molecular complexity index is 972. The lowest BCUT2D eigenvalue weighted by atomic mass is 10.2. The number of H-pyrrole nitrogens is 1. The van der Waals surface area contributed by atoms with Crippen molar-refractivity contribution < 1.29 is 14.7 Å². The quantitative estimate of drug-likeness (QED) is 0.368. The Morgan fingerprint density at radius 2 is 1.97 bits per heavy atom. The van der Waals surface area contributed by atoms with E-state index in [1.807, 2.05) is 6.92 Å². The number of carbonyl (C=O) groups is 2. The zero-order chi connectivity index (χ0) is 20.6. The number of aromatic nitrogens is 4. The lowest BCUT2D eigenvalue weighted by Crippen LogP contribution is -2.29. The van der Waals surface area contributed by atoms with E-state index < -0.39 is 18.4 Å². The molecule has 10 nitrogen and oxygen atoms in total. The second-order valence-corrected chi connectivity index (χ2v) is 6.26. The van der Waals surface area contributed by atoms with E-state index in [4.69, 9.17) is 5.11 Å². The maximum atomic E-state index is 11.9. The van der Waals surface area contributed by atoms with Crippen molar-refractivity contribution in [1.82, 2.24) is 25.3 Å². The van der Waals surface area contributed by atoms with Gasteiger partial charge in [0.15, 0.2) is 0 Å². The number of aromatic amines is 1. The topological polar surface area (TPSA) is 145 Å². The van der Waals surface area contributed by atoms with Crippen molar-refractivity contribution in [3.8, 4) is 0 Å². The first-order chi connectivity index (χ1) is 14.0. The molecular formula is C19H21N7O3. The van der Waals surface area contributed by atoms with Crippen molar-refractivity contribution in [3.05, 3.63) is 59.8 Å². The van der Waals surface area contributed by atoms with Crippen molar-refractivity contribution in [1.29, 1.82) is 0 Å². The number of carboxylic acids is 1. The number of nitrogens with one attached hydrogen (secondary N) is 4. The molecule has 0 fully saturated rings. The number of benzene rings is 1. The van der Waals surface area contributed by atoms with E-state index >= 15 is 0 Å². The maximum Gasteiger partial charge on any atom is 0.322 e. The number of aryl methyl sites for hydroxylation is 1. The van der Waals surface area contributed by atoms with E-state index in [1.165, 1.54) is 0 Å². The van der Waals surface area contributed by atoms with Gasteiger partial charge >= 0.3 is 5.97 Å². The molecule has 0 unspecified atom stereocenters. The second kappa shape index (κ2) is 9.31. The predicted octanol–water partition coefficient (Wildman–Crippen LogP) is 1.72. The second-order valence-electron chi connectivity index (χ2n) is 6.26. The van der Waals surface area contributed by atoms with Crippen LogP contribution in [0, 0.1) is 6.92 Å². The number of hydrogen-bond acceptors (Lipinski definition) is 7. The van der Waals surface area contributed by atoms with Gasteiger partial charge in [0.05, 0.1) is 6.33 Å². The van der Waals surface area contributed by atoms with E-state index in [9.17, 15) is 9.59 Å². The highest BCUT2D eigenvalue weighted by atomic mass is 16.4. The van der Waals surface area contributed by atoms with Crippen molar-refractivity contribution in [2.24, 2.45) is 0 Å². The van der Waals surface area contributed by atoms with Gasteiger partial charge < -0.3 is 26.0 Å². The molecule has 1 aromatic carbocycles. The number of aliphatic carboxylic acids is 1. The van der Waals surface area contributed by atoms with Gasteiger partial charge in [0.25, 0.3) is 5.91 Å². The largest absolute Gasteiger partial charge is 0.480 e. The first kappa shape index (κ1) is 19.8. The summed E-state index contributed by atoms with van der Waals surface area (Å²) in [5, 5.41) is 17.3. The highest BCUT2D eigenvalue weighted by Crippen LogP contribution is 2.17. The van der Waals surface area contributed by atoms with E-state index in [1.54, 1.807) is 43.0 Å². The lowest BCUT2D eigenvalue weighted by molar-refractivity contribution is -0.135. The molecule has 2 aromatic heterocycles. The van der Waals surface area contributed by atoms with Crippen LogP contribution in [0.4, 0.5) is 17.5 Å². The van der Waals surface area contributed by atoms with Gasteiger partial charge in [-0.05, 0) is 31.2 Å². The maximum absolute atomic E-state index is 11.9. The molecule has 10 heteroatoms. The number of imidazole rings is 1. The molecule has 0 saturated heterocycles. The predicted molar refractivity (Wildman–Crippen MR) is 107 cm³/mol. The monoisotopic (exact) mass is 395 g/mol. The first-order valence-electron chi connectivity index (χ1n) is 8.93. The zero-order valence-corrected chi connectivity index (χ0v) is 15.8. The number of hydrogen-bond donors (Lipinski definition) is 5. The van der Waals surface area contributed by atoms with E-state index in [0.29, 0.717) is 23.7 Å². The van der Waals surface area contributed by atoms with Crippen LogP contribution in [0.15, 0.2) is 43.0 Å². The summed E-state index contributed by atoms with van der Waals surface area (Å²) in [6.45, 7) is 2.19. The number of rotatable bonds is 9. The summed E-state index contributed by atoms with van der Waals surface area (Å²) in [4.78, 5) is 38.2. The van der Waals surface area contributed by atoms with Crippen molar-refractivity contribution in [2.75, 3.05) is 23.7 Å². The van der Waals surface area contributed by atoms with Gasteiger partial charge in [-0.15, -0.1) is 0 Å². The molecule has 3 aromatic rings. The van der Waals surface area contributed by atoms with Gasteiger partial charge in [-0.3, -0.25) is 9.59 Å². The molecule has 150 valence electrons. The average Bonchev–Trinajstić information content (AvgIpc) is 3.22. The minimum absolute atomic E-state index is 0.364. The fraction of sp³-hybridized carbons (Fsp3) is 0.211. The normalized spacial score (nSPS) is 10.4. The summed E-state index contributed by atoms with van der Waals surface area (Å²) in [5.41, 5.74) is 3.02. The summed E-state index contributed by atoms with van der Waals surface area (Å²) < 4.78 is 0. The molecule has 29 heavy (non-hydrogen) atoms. The molecule has 1 amide bonds. The molecule has 2 heterocycles. The van der Waals surface area contributed by atoms with Crippen LogP contribution < -0.4 is 16.0 Å². The third-order valence-electron chi connectivity index (χ3n) is 4.02. The SMILES string of the molecule is Cc1cnc(Nc2ccc(C(=O)NCC(=O)O)cc2)nc1NCCc1cnc[nH]1. The lowest BCUT2D eigenvalue weighted by Gasteiger charge is -2.11. The third kappa shape index (κ3) is 5.76. The molecule has 0 saturated carbocycles. The Hall–Kier alpha value is -3.95. The molecule has 5 N–H and O–H groups in total. The molecular weight excluding hydrogens is 374 g/mol. The smallest absolute Gasteiger partial charge is 0.322 e. The van der Waals surface area contributed by atoms with Crippen LogP contribution in [0.3, 0.4) is 0 Å². The Balaban J connectivity index is 1.59. The van der Waals surface area contributed by atoms with Crippen molar-refractivity contribution in [2.45, 2.75) is 13.3 Å². The molecule has 0 spiro atoms. The van der Waals surface area contributed by atoms with Crippen LogP contribution in [0.5, 0.6) is 0 Å². The fourth-order valence-electron chi connectivity index (χ4n) is 2.51. The van der Waals surface area contributed by atoms with Crippen molar-refractivity contribution in [3.63, 3.8) is 0 Å². The zero-order valence-electron chi connectivity index (χ0n) is 15.8. The van der Waals surface area contributed by atoms with Crippen LogP contribution in [0.1, 0.15) is 21.6 Å². The number of carbonyl (C=O) groups excluding carboxylic acids is 1. The Morgan fingerprint density at radius 1 is 1.17 bits per heavy atom. The summed E-state index contributed by atoms with van der Waals surface area (Å²) >= 11 is 0. The average molecular weight is 395 g/mol. The van der Waals surface area contributed by atoms with E-state index in [0.717, 1.165) is 23.5 Å². The van der Waals surface area contributed by atoms with Crippen molar-refractivity contribution >= 4 is 29.3 Å². The van der Waals surface area contributed by atoms with Crippen LogP contribution in [0.2, 0.25) is 0 Å². The number of carboxylic acid groups (broad SMARTS) is 1. The van der Waals surface area contributed by atoms with E-state index in [-0.39, 0.29) is 0 Å². The summed E-state index contributed by atoms with van der Waals surface area (Å²) in [7, 11) is 0. The third-order valence-corrected chi connectivity index (χ3v) is 4.02. The molecule has 0 radical (unpaired) electrons. The van der Waals surface area contributed by atoms with Gasteiger partial charge in [0.2, 0.25) is 5.95 Å². The number of amides is 1. The highest BCUT2D eigenvalue weighted by Gasteiger charge is 2.08. The molecule has 0 bridgehead atoms. The van der Waals surface area contributed by atoms with Gasteiger partial charge in [0.1, 0.15) is 12.4 Å². The van der Waals surface area contributed by atoms with Gasteiger partial charge in [0, 0.05) is 47.9 Å². The van der Waals surface area contributed by atoms with Gasteiger partial charge in [-0.25, -0.2) is 9.97 Å². The highest BCUT2D eigenvalue weighted by molar-refractivity contribution is 5.96. The molecule has 0 atom stereocenters. The van der Waals surface area contributed by atoms with Gasteiger partial charge in [-0.2, -0.15) is 4.98 Å². The van der Waals surface area contributed by atoms with Crippen LogP contribution >= 0.6 is 0 Å². The molecule has 0 aliphatic rings. The number of anilines is 3. The van der Waals surface area contributed by atoms with Crippen LogP contribution in [-0.4, -0.2) is 50.0 Å². The van der Waals surface area contributed by atoms with Crippen LogP contribution in [-0.2, 0) is 11.2 Å². The Labute approximate surface area is 166 Å². The summed E-state index contributed by atoms with van der Waals surface area (Å²) in [6, 6.07) is 6.59. The minimum atomic E-state index is -1.10. The minimum Gasteiger partial charge on any atom is -0.480 e. The Kier molecular flexibility index (Phi) is 6.36. The molecule has 3 rings (SSSR count). The first-order valence-corrected chi connectivity index (χ1v) is 8.93. The fourth-order valence-corrected chi connectivity index (χ4v) is 2.51. The standard InChI is InChI=1S/C19H21N7O3/c1-12-8-23-19(26-17(12)21-7-6-15-9-20-11-24-15)25-14-4-2-13(3-5-14)18(29)22-10-16(27)28/h2-5,8-9,11H,6-7,10H2,1H3,(H,20,24)(H,22,29)(H,27,28)(H2,21,23,25,26). The summed E-state index contributed by atoms with van der Waals surface area (Å²) in [6.07, 6.45) is 5.95. The summed E-state index contributed by atoms with van der Waals surface area (Å²) in [5.74, 6) is -0.397. The molecule has 0 aliphatic heterocycles. The van der Waals surface area contributed by atoms with Crippen LogP contribution in [0.25, 0.3) is 0 Å². The Morgan fingerprint density at radius 3 is 2.66 bits per heavy atom. The van der Waals surface area contributed by atoms with Gasteiger partial charge in [-0.1, -0.05) is 0 Å². The molecule has 0 aliphatic carbocycles.